The topological polar surface area (TPSA) is 50.8 Å². The van der Waals surface area contributed by atoms with E-state index in [1.165, 1.54) is 0 Å². The van der Waals surface area contributed by atoms with Gasteiger partial charge in [-0.25, -0.2) is 0 Å². The average molecular weight is 276 g/mol. The van der Waals surface area contributed by atoms with Gasteiger partial charge in [-0.15, -0.1) is 0 Å². The summed E-state index contributed by atoms with van der Waals surface area (Å²) in [6.45, 7) is 4.41. The normalized spacial score (nSPS) is 16.6. The molecule has 0 saturated heterocycles. The van der Waals surface area contributed by atoms with Gasteiger partial charge in [0.05, 0.1) is 17.9 Å². The van der Waals surface area contributed by atoms with Crippen molar-refractivity contribution in [2.45, 2.75) is 26.2 Å². The Morgan fingerprint density at radius 2 is 1.95 bits per heavy atom. The van der Waals surface area contributed by atoms with E-state index in [9.17, 15) is 4.79 Å². The maximum atomic E-state index is 12.1. The zero-order valence-electron chi connectivity index (χ0n) is 11.8. The number of unbranched alkanes of at least 4 members (excludes halogenated alkanes) is 2. The largest absolute Gasteiger partial charge is 0.486 e. The molecular weight excluding hydrogens is 256 g/mol. The SMILES string of the molecule is CCCCCN1C(=O)CNc2cc3c(cc21)OCCO3. The summed E-state index contributed by atoms with van der Waals surface area (Å²) in [6.07, 6.45) is 3.31. The molecule has 1 amide bonds. The van der Waals surface area contributed by atoms with Crippen LogP contribution in [-0.4, -0.2) is 32.2 Å². The van der Waals surface area contributed by atoms with Gasteiger partial charge in [0.15, 0.2) is 11.5 Å². The highest BCUT2D eigenvalue weighted by Crippen LogP contribution is 2.41. The smallest absolute Gasteiger partial charge is 0.246 e. The molecule has 5 heteroatoms. The van der Waals surface area contributed by atoms with Crippen LogP contribution in [0.5, 0.6) is 11.5 Å². The van der Waals surface area contributed by atoms with Gasteiger partial charge in [-0.05, 0) is 6.42 Å². The summed E-state index contributed by atoms with van der Waals surface area (Å²) in [5, 5.41) is 3.16. The zero-order chi connectivity index (χ0) is 13.9. The van der Waals surface area contributed by atoms with Crippen molar-refractivity contribution in [1.29, 1.82) is 0 Å². The van der Waals surface area contributed by atoms with Crippen molar-refractivity contribution in [2.75, 3.05) is 36.5 Å². The van der Waals surface area contributed by atoms with Gasteiger partial charge in [0.2, 0.25) is 5.91 Å². The number of rotatable bonds is 4. The third kappa shape index (κ3) is 2.40. The van der Waals surface area contributed by atoms with E-state index >= 15 is 0 Å². The maximum Gasteiger partial charge on any atom is 0.246 e. The van der Waals surface area contributed by atoms with Crippen LogP contribution in [0.2, 0.25) is 0 Å². The molecule has 0 aromatic heterocycles. The van der Waals surface area contributed by atoms with Crippen LogP contribution in [0.4, 0.5) is 11.4 Å². The Balaban J connectivity index is 1.88. The molecule has 0 saturated carbocycles. The van der Waals surface area contributed by atoms with Crippen LogP contribution < -0.4 is 19.7 Å². The third-order valence-electron chi connectivity index (χ3n) is 3.67. The van der Waals surface area contributed by atoms with Crippen molar-refractivity contribution < 1.29 is 14.3 Å². The van der Waals surface area contributed by atoms with Gasteiger partial charge in [0.25, 0.3) is 0 Å². The Bertz CT molecular complexity index is 516. The summed E-state index contributed by atoms with van der Waals surface area (Å²) in [7, 11) is 0. The monoisotopic (exact) mass is 276 g/mol. The van der Waals surface area contributed by atoms with Crippen molar-refractivity contribution in [3.8, 4) is 11.5 Å². The highest BCUT2D eigenvalue weighted by molar-refractivity contribution is 6.03. The molecule has 2 heterocycles. The number of hydrogen-bond donors (Lipinski definition) is 1. The molecule has 0 unspecified atom stereocenters. The van der Waals surface area contributed by atoms with Crippen molar-refractivity contribution in [2.24, 2.45) is 0 Å². The number of carbonyl (C=O) groups excluding carboxylic acids is 1. The van der Waals surface area contributed by atoms with E-state index < -0.39 is 0 Å². The molecule has 0 bridgehead atoms. The lowest BCUT2D eigenvalue weighted by atomic mass is 10.1. The molecule has 0 aliphatic carbocycles. The Labute approximate surface area is 118 Å². The van der Waals surface area contributed by atoms with Crippen LogP contribution >= 0.6 is 0 Å². The number of nitrogens with one attached hydrogen (secondary N) is 1. The lowest BCUT2D eigenvalue weighted by molar-refractivity contribution is -0.117. The molecule has 20 heavy (non-hydrogen) atoms. The molecule has 0 atom stereocenters. The van der Waals surface area contributed by atoms with Crippen LogP contribution in [0.1, 0.15) is 26.2 Å². The lowest BCUT2D eigenvalue weighted by Crippen LogP contribution is -2.40. The van der Waals surface area contributed by atoms with Gasteiger partial charge in [-0.1, -0.05) is 19.8 Å². The van der Waals surface area contributed by atoms with Gasteiger partial charge in [-0.3, -0.25) is 4.79 Å². The van der Waals surface area contributed by atoms with E-state index in [4.69, 9.17) is 9.47 Å². The molecular formula is C15H20N2O3. The summed E-state index contributed by atoms with van der Waals surface area (Å²) in [4.78, 5) is 14.0. The second-order valence-corrected chi connectivity index (χ2v) is 5.12. The van der Waals surface area contributed by atoms with Gasteiger partial charge in [-0.2, -0.15) is 0 Å². The molecule has 0 radical (unpaired) electrons. The molecule has 5 nitrogen and oxygen atoms in total. The minimum Gasteiger partial charge on any atom is -0.486 e. The van der Waals surface area contributed by atoms with Crippen LogP contribution in [0.25, 0.3) is 0 Å². The number of hydrogen-bond acceptors (Lipinski definition) is 4. The molecule has 1 N–H and O–H groups in total. The van der Waals surface area contributed by atoms with E-state index in [1.807, 2.05) is 17.0 Å². The zero-order valence-corrected chi connectivity index (χ0v) is 11.8. The van der Waals surface area contributed by atoms with Crippen molar-refractivity contribution >= 4 is 17.3 Å². The quantitative estimate of drug-likeness (QED) is 0.858. The predicted octanol–water partition coefficient (Wildman–Crippen LogP) is 2.41. The summed E-state index contributed by atoms with van der Waals surface area (Å²) >= 11 is 0. The van der Waals surface area contributed by atoms with Crippen LogP contribution in [0.15, 0.2) is 12.1 Å². The fourth-order valence-electron chi connectivity index (χ4n) is 2.61. The molecule has 108 valence electrons. The standard InChI is InChI=1S/C15H20N2O3/c1-2-3-4-5-17-12-9-14-13(19-6-7-20-14)8-11(12)16-10-15(17)18/h8-9,16H,2-7,10H2,1H3. The second-order valence-electron chi connectivity index (χ2n) is 5.12. The summed E-state index contributed by atoms with van der Waals surface area (Å²) < 4.78 is 11.2. The first-order chi connectivity index (χ1) is 9.79. The Morgan fingerprint density at radius 3 is 2.70 bits per heavy atom. The molecule has 0 spiro atoms. The lowest BCUT2D eigenvalue weighted by Gasteiger charge is -2.32. The summed E-state index contributed by atoms with van der Waals surface area (Å²) in [5.41, 5.74) is 1.85. The van der Waals surface area contributed by atoms with Crippen molar-refractivity contribution in [3.05, 3.63) is 12.1 Å². The molecule has 3 rings (SSSR count). The number of carbonyl (C=O) groups is 1. The highest BCUT2D eigenvalue weighted by Gasteiger charge is 2.26. The fourth-order valence-corrected chi connectivity index (χ4v) is 2.61. The third-order valence-corrected chi connectivity index (χ3v) is 3.67. The molecule has 2 aliphatic heterocycles. The number of anilines is 2. The van der Waals surface area contributed by atoms with E-state index in [0.717, 1.165) is 48.7 Å². The maximum absolute atomic E-state index is 12.1. The predicted molar refractivity (Wildman–Crippen MR) is 77.8 cm³/mol. The Morgan fingerprint density at radius 1 is 1.20 bits per heavy atom. The van der Waals surface area contributed by atoms with Crippen LogP contribution in [-0.2, 0) is 4.79 Å². The van der Waals surface area contributed by atoms with E-state index in [-0.39, 0.29) is 5.91 Å². The number of amides is 1. The average Bonchev–Trinajstić information content (AvgIpc) is 2.48. The number of benzene rings is 1. The highest BCUT2D eigenvalue weighted by atomic mass is 16.6. The molecule has 1 aromatic carbocycles. The van der Waals surface area contributed by atoms with E-state index in [0.29, 0.717) is 19.8 Å². The number of fused-ring (bicyclic) bond motifs is 2. The van der Waals surface area contributed by atoms with Crippen molar-refractivity contribution in [1.82, 2.24) is 0 Å². The van der Waals surface area contributed by atoms with E-state index in [2.05, 4.69) is 12.2 Å². The Hall–Kier alpha value is -1.91. The van der Waals surface area contributed by atoms with Crippen LogP contribution in [0, 0.1) is 0 Å². The molecule has 2 aliphatic rings. The summed E-state index contributed by atoms with van der Waals surface area (Å²) in [5.74, 6) is 1.60. The second kappa shape index (κ2) is 5.61. The first-order valence-corrected chi connectivity index (χ1v) is 7.27. The van der Waals surface area contributed by atoms with Gasteiger partial charge < -0.3 is 19.7 Å². The number of nitrogens with zero attached hydrogens (tertiary/aromatic N) is 1. The first kappa shape index (κ1) is 13.1. The molecule has 0 fully saturated rings. The van der Waals surface area contributed by atoms with Gasteiger partial charge in [0, 0.05) is 18.7 Å². The van der Waals surface area contributed by atoms with Crippen LogP contribution in [0.3, 0.4) is 0 Å². The minimum absolute atomic E-state index is 0.116. The number of ether oxygens (including phenoxy) is 2. The molecule has 1 aromatic rings. The minimum atomic E-state index is 0.116. The fraction of sp³-hybridized carbons (Fsp3) is 0.533. The Kier molecular flexibility index (Phi) is 3.67. The van der Waals surface area contributed by atoms with Crippen molar-refractivity contribution in [3.63, 3.8) is 0 Å². The van der Waals surface area contributed by atoms with Gasteiger partial charge in [0.1, 0.15) is 13.2 Å². The van der Waals surface area contributed by atoms with Gasteiger partial charge >= 0.3 is 0 Å². The first-order valence-electron chi connectivity index (χ1n) is 7.27. The van der Waals surface area contributed by atoms with E-state index in [1.54, 1.807) is 0 Å². The summed E-state index contributed by atoms with van der Waals surface area (Å²) in [6, 6.07) is 3.85.